The lowest BCUT2D eigenvalue weighted by Crippen LogP contribution is -2.10. The Morgan fingerprint density at radius 2 is 1.72 bits per heavy atom. The molecule has 0 N–H and O–H groups in total. The zero-order valence-corrected chi connectivity index (χ0v) is 14.8. The van der Waals surface area contributed by atoms with E-state index in [9.17, 15) is 4.79 Å². The number of methoxy groups -OCH3 is 2. The van der Waals surface area contributed by atoms with Crippen LogP contribution in [0.4, 0.5) is 0 Å². The van der Waals surface area contributed by atoms with E-state index in [0.717, 1.165) is 22.4 Å². The molecule has 0 atom stereocenters. The standard InChI is InChI=1S/C12H13Br3O3/c1-17-11-9(5-14)7(4-13)3-8(10(11)6-15)12(16)18-2/h3H,4-6H2,1-2H3. The Balaban J connectivity index is 3.58. The lowest BCUT2D eigenvalue weighted by molar-refractivity contribution is 0.0599. The molecule has 0 aromatic heterocycles. The van der Waals surface area contributed by atoms with E-state index < -0.39 is 0 Å². The summed E-state index contributed by atoms with van der Waals surface area (Å²) in [6, 6.07) is 1.84. The van der Waals surface area contributed by atoms with Gasteiger partial charge in [0.05, 0.1) is 19.8 Å². The van der Waals surface area contributed by atoms with Crippen molar-refractivity contribution in [2.45, 2.75) is 16.0 Å². The van der Waals surface area contributed by atoms with Gasteiger partial charge in [0.25, 0.3) is 0 Å². The summed E-state index contributed by atoms with van der Waals surface area (Å²) in [4.78, 5) is 11.8. The third kappa shape index (κ3) is 3.08. The molecule has 0 spiro atoms. The van der Waals surface area contributed by atoms with Crippen molar-refractivity contribution in [2.75, 3.05) is 14.2 Å². The fraction of sp³-hybridized carbons (Fsp3) is 0.417. The van der Waals surface area contributed by atoms with Crippen molar-refractivity contribution >= 4 is 53.8 Å². The largest absolute Gasteiger partial charge is 0.496 e. The number of carbonyl (C=O) groups is 1. The Morgan fingerprint density at radius 3 is 2.11 bits per heavy atom. The number of rotatable bonds is 5. The van der Waals surface area contributed by atoms with E-state index in [1.807, 2.05) is 6.07 Å². The topological polar surface area (TPSA) is 35.5 Å². The predicted molar refractivity (Wildman–Crippen MR) is 82.2 cm³/mol. The lowest BCUT2D eigenvalue weighted by Gasteiger charge is -2.17. The van der Waals surface area contributed by atoms with Gasteiger partial charge in [-0.25, -0.2) is 4.79 Å². The Labute approximate surface area is 132 Å². The zero-order chi connectivity index (χ0) is 13.7. The second-order valence-electron chi connectivity index (χ2n) is 3.47. The maximum Gasteiger partial charge on any atom is 0.338 e. The van der Waals surface area contributed by atoms with Gasteiger partial charge in [0, 0.05) is 27.1 Å². The lowest BCUT2D eigenvalue weighted by atomic mass is 9.99. The van der Waals surface area contributed by atoms with E-state index in [0.29, 0.717) is 21.6 Å². The predicted octanol–water partition coefficient (Wildman–Crippen LogP) is 4.17. The Kier molecular flexibility index (Phi) is 6.66. The Hall–Kier alpha value is -0.0700. The van der Waals surface area contributed by atoms with Crippen LogP contribution in [0.5, 0.6) is 5.75 Å². The SMILES string of the molecule is COC(=O)c1cc(CBr)c(CBr)c(OC)c1CBr. The van der Waals surface area contributed by atoms with Gasteiger partial charge < -0.3 is 9.47 Å². The molecule has 0 amide bonds. The second-order valence-corrected chi connectivity index (χ2v) is 5.15. The summed E-state index contributed by atoms with van der Waals surface area (Å²) in [6.07, 6.45) is 0. The summed E-state index contributed by atoms with van der Waals surface area (Å²) < 4.78 is 10.3. The molecule has 6 heteroatoms. The van der Waals surface area contributed by atoms with Gasteiger partial charge in [-0.05, 0) is 11.6 Å². The normalized spacial score (nSPS) is 10.3. The van der Waals surface area contributed by atoms with Gasteiger partial charge >= 0.3 is 5.97 Å². The van der Waals surface area contributed by atoms with Crippen LogP contribution in [0, 0.1) is 0 Å². The van der Waals surface area contributed by atoms with Crippen LogP contribution in [0.15, 0.2) is 6.07 Å². The summed E-state index contributed by atoms with van der Waals surface area (Å²) in [6.45, 7) is 0. The number of benzene rings is 1. The van der Waals surface area contributed by atoms with Gasteiger partial charge in [0.15, 0.2) is 0 Å². The minimum absolute atomic E-state index is 0.355. The molecule has 0 bridgehead atoms. The van der Waals surface area contributed by atoms with Gasteiger partial charge in [-0.2, -0.15) is 0 Å². The van der Waals surface area contributed by atoms with Crippen LogP contribution < -0.4 is 4.74 Å². The van der Waals surface area contributed by atoms with Gasteiger partial charge in [0.1, 0.15) is 5.75 Å². The van der Waals surface area contributed by atoms with Crippen molar-refractivity contribution in [3.63, 3.8) is 0 Å². The van der Waals surface area contributed by atoms with Crippen LogP contribution in [0.2, 0.25) is 0 Å². The summed E-state index contributed by atoms with van der Waals surface area (Å²) in [7, 11) is 2.98. The highest BCUT2D eigenvalue weighted by Crippen LogP contribution is 2.35. The van der Waals surface area contributed by atoms with Crippen molar-refractivity contribution in [2.24, 2.45) is 0 Å². The van der Waals surface area contributed by atoms with Gasteiger partial charge in [-0.3, -0.25) is 0 Å². The fourth-order valence-corrected chi connectivity index (χ4v) is 3.41. The summed E-state index contributed by atoms with van der Waals surface area (Å²) in [5, 5.41) is 1.85. The van der Waals surface area contributed by atoms with E-state index in [2.05, 4.69) is 47.8 Å². The van der Waals surface area contributed by atoms with Crippen molar-refractivity contribution in [1.82, 2.24) is 0 Å². The molecule has 0 aliphatic carbocycles. The molecule has 3 nitrogen and oxygen atoms in total. The smallest absolute Gasteiger partial charge is 0.338 e. The van der Waals surface area contributed by atoms with Crippen molar-refractivity contribution in [3.8, 4) is 5.75 Å². The molecule has 0 heterocycles. The Bertz CT molecular complexity index is 447. The first-order chi connectivity index (χ1) is 8.64. The average Bonchev–Trinajstić information content (AvgIpc) is 2.43. The highest BCUT2D eigenvalue weighted by atomic mass is 79.9. The molecule has 0 saturated heterocycles. The minimum atomic E-state index is -0.355. The van der Waals surface area contributed by atoms with E-state index in [-0.39, 0.29) is 5.97 Å². The number of hydrogen-bond acceptors (Lipinski definition) is 3. The Morgan fingerprint density at radius 1 is 1.11 bits per heavy atom. The number of halogens is 3. The summed E-state index contributed by atoms with van der Waals surface area (Å²) in [5.41, 5.74) is 3.39. The van der Waals surface area contributed by atoms with Crippen LogP contribution in [0.1, 0.15) is 27.0 Å². The number of hydrogen-bond donors (Lipinski definition) is 0. The second kappa shape index (κ2) is 7.50. The van der Waals surface area contributed by atoms with Gasteiger partial charge in [-0.1, -0.05) is 47.8 Å². The number of esters is 1. The minimum Gasteiger partial charge on any atom is -0.496 e. The molecule has 0 fully saturated rings. The maximum atomic E-state index is 11.8. The molecule has 0 unspecified atom stereocenters. The third-order valence-electron chi connectivity index (χ3n) is 2.60. The molecule has 18 heavy (non-hydrogen) atoms. The van der Waals surface area contributed by atoms with E-state index in [1.54, 1.807) is 7.11 Å². The summed E-state index contributed by atoms with van der Waals surface area (Å²) in [5.74, 6) is 0.368. The molecule has 0 aliphatic heterocycles. The molecule has 100 valence electrons. The van der Waals surface area contributed by atoms with Gasteiger partial charge in [-0.15, -0.1) is 0 Å². The monoisotopic (exact) mass is 442 g/mol. The van der Waals surface area contributed by atoms with Crippen molar-refractivity contribution in [3.05, 3.63) is 28.3 Å². The van der Waals surface area contributed by atoms with Crippen LogP contribution in [0.25, 0.3) is 0 Å². The third-order valence-corrected chi connectivity index (χ3v) is 4.33. The highest BCUT2D eigenvalue weighted by molar-refractivity contribution is 9.09. The van der Waals surface area contributed by atoms with E-state index in [1.165, 1.54) is 7.11 Å². The molecule has 1 rings (SSSR count). The molecule has 1 aromatic carbocycles. The maximum absolute atomic E-state index is 11.8. The van der Waals surface area contributed by atoms with E-state index >= 15 is 0 Å². The molecular formula is C12H13Br3O3. The fourth-order valence-electron chi connectivity index (χ4n) is 1.74. The van der Waals surface area contributed by atoms with Crippen molar-refractivity contribution in [1.29, 1.82) is 0 Å². The number of alkyl halides is 3. The first kappa shape index (κ1) is 16.0. The van der Waals surface area contributed by atoms with Crippen LogP contribution in [-0.4, -0.2) is 20.2 Å². The van der Waals surface area contributed by atoms with Crippen molar-refractivity contribution < 1.29 is 14.3 Å². The molecule has 0 radical (unpaired) electrons. The molecule has 0 aliphatic rings. The molecule has 1 aromatic rings. The summed E-state index contributed by atoms with van der Waals surface area (Å²) >= 11 is 10.3. The quantitative estimate of drug-likeness (QED) is 0.505. The van der Waals surface area contributed by atoms with E-state index in [4.69, 9.17) is 9.47 Å². The highest BCUT2D eigenvalue weighted by Gasteiger charge is 2.21. The number of carbonyl (C=O) groups excluding carboxylic acids is 1. The first-order valence-corrected chi connectivity index (χ1v) is 8.48. The van der Waals surface area contributed by atoms with Crippen LogP contribution >= 0.6 is 47.8 Å². The number of ether oxygens (including phenoxy) is 2. The average molecular weight is 445 g/mol. The first-order valence-electron chi connectivity index (χ1n) is 5.12. The molecular weight excluding hydrogens is 432 g/mol. The van der Waals surface area contributed by atoms with Crippen LogP contribution in [-0.2, 0) is 20.7 Å². The van der Waals surface area contributed by atoms with Crippen LogP contribution in [0.3, 0.4) is 0 Å². The molecule has 0 saturated carbocycles. The van der Waals surface area contributed by atoms with Gasteiger partial charge in [0.2, 0.25) is 0 Å². The zero-order valence-electron chi connectivity index (χ0n) is 10.1.